The van der Waals surface area contributed by atoms with Crippen molar-refractivity contribution in [1.82, 2.24) is 5.32 Å². The lowest BCUT2D eigenvalue weighted by molar-refractivity contribution is -0.384. The van der Waals surface area contributed by atoms with E-state index in [1.807, 2.05) is 6.07 Å². The zero-order chi connectivity index (χ0) is 15.2. The van der Waals surface area contributed by atoms with E-state index in [-0.39, 0.29) is 16.7 Å². The maximum Gasteiger partial charge on any atom is 0.269 e. The molecular weight excluding hydrogens is 266 g/mol. The predicted molar refractivity (Wildman–Crippen MR) is 84.1 cm³/mol. The van der Waals surface area contributed by atoms with Gasteiger partial charge in [0.05, 0.1) is 4.92 Å². The highest BCUT2D eigenvalue weighted by Crippen LogP contribution is 2.26. The van der Waals surface area contributed by atoms with Gasteiger partial charge in [0.1, 0.15) is 0 Å². The molecule has 2 rings (SSSR count). The topological polar surface area (TPSA) is 81.2 Å². The number of rotatable bonds is 6. The number of nitrogens with two attached hydrogens (primary N) is 1. The van der Waals surface area contributed by atoms with E-state index in [0.717, 1.165) is 44.1 Å². The second kappa shape index (κ2) is 7.52. The van der Waals surface area contributed by atoms with Crippen molar-refractivity contribution in [3.63, 3.8) is 0 Å². The van der Waals surface area contributed by atoms with Gasteiger partial charge in [-0.2, -0.15) is 0 Å². The van der Waals surface area contributed by atoms with Gasteiger partial charge in [-0.25, -0.2) is 0 Å². The fourth-order valence-corrected chi connectivity index (χ4v) is 3.06. The Balaban J connectivity index is 2.07. The van der Waals surface area contributed by atoms with Crippen LogP contribution in [0.1, 0.15) is 57.1 Å². The summed E-state index contributed by atoms with van der Waals surface area (Å²) in [4.78, 5) is 10.6. The third-order valence-corrected chi connectivity index (χ3v) is 4.27. The predicted octanol–water partition coefficient (Wildman–Crippen LogP) is 3.30. The van der Waals surface area contributed by atoms with Crippen molar-refractivity contribution in [2.45, 2.75) is 63.6 Å². The van der Waals surface area contributed by atoms with Gasteiger partial charge in [0.2, 0.25) is 0 Å². The minimum atomic E-state index is -0.327. The Morgan fingerprint density at radius 2 is 2.10 bits per heavy atom. The van der Waals surface area contributed by atoms with Crippen LogP contribution in [0.5, 0.6) is 0 Å². The lowest BCUT2D eigenvalue weighted by atomic mass is 9.90. The number of non-ortho nitro benzene ring substituents is 1. The molecule has 1 unspecified atom stereocenters. The van der Waals surface area contributed by atoms with E-state index < -0.39 is 0 Å². The van der Waals surface area contributed by atoms with Crippen LogP contribution in [-0.2, 0) is 0 Å². The summed E-state index contributed by atoms with van der Waals surface area (Å²) < 4.78 is 0. The van der Waals surface area contributed by atoms with Crippen LogP contribution in [0.4, 0.5) is 5.69 Å². The molecule has 0 heterocycles. The fourth-order valence-electron chi connectivity index (χ4n) is 3.06. The van der Waals surface area contributed by atoms with Gasteiger partial charge in [0, 0.05) is 30.3 Å². The molecule has 0 bridgehead atoms. The van der Waals surface area contributed by atoms with Crippen LogP contribution < -0.4 is 11.1 Å². The summed E-state index contributed by atoms with van der Waals surface area (Å²) in [5.41, 5.74) is 7.13. The minimum absolute atomic E-state index is 0.168. The molecule has 1 fully saturated rings. The number of nitro groups is 1. The number of nitrogens with one attached hydrogen (secondary N) is 1. The van der Waals surface area contributed by atoms with Gasteiger partial charge in [-0.05, 0) is 37.7 Å². The molecule has 0 aliphatic heterocycles. The van der Waals surface area contributed by atoms with Crippen LogP contribution in [-0.4, -0.2) is 17.0 Å². The molecule has 1 aromatic rings. The highest BCUT2D eigenvalue weighted by Gasteiger charge is 2.22. The van der Waals surface area contributed by atoms with Gasteiger partial charge in [-0.3, -0.25) is 10.1 Å². The van der Waals surface area contributed by atoms with Crippen molar-refractivity contribution in [2.75, 3.05) is 0 Å². The van der Waals surface area contributed by atoms with Crippen LogP contribution >= 0.6 is 0 Å². The lowest BCUT2D eigenvalue weighted by Gasteiger charge is -2.31. The average Bonchev–Trinajstić information content (AvgIpc) is 2.49. The lowest BCUT2D eigenvalue weighted by Crippen LogP contribution is -2.39. The van der Waals surface area contributed by atoms with Gasteiger partial charge < -0.3 is 11.1 Å². The molecule has 1 aromatic carbocycles. The van der Waals surface area contributed by atoms with Crippen LogP contribution in [0.25, 0.3) is 0 Å². The largest absolute Gasteiger partial charge is 0.328 e. The number of nitro benzene ring substituents is 1. The third kappa shape index (κ3) is 4.51. The number of benzene rings is 1. The van der Waals surface area contributed by atoms with E-state index in [0.29, 0.717) is 12.1 Å². The van der Waals surface area contributed by atoms with Gasteiger partial charge in [0.25, 0.3) is 5.69 Å². The van der Waals surface area contributed by atoms with Crippen molar-refractivity contribution < 1.29 is 4.92 Å². The van der Waals surface area contributed by atoms with Crippen LogP contribution in [0.15, 0.2) is 24.3 Å². The monoisotopic (exact) mass is 291 g/mol. The number of hydrogen-bond donors (Lipinski definition) is 2. The van der Waals surface area contributed by atoms with Crippen LogP contribution in [0, 0.1) is 10.1 Å². The first-order chi connectivity index (χ1) is 10.1. The van der Waals surface area contributed by atoms with Crippen molar-refractivity contribution in [2.24, 2.45) is 5.73 Å². The normalized spacial score (nSPS) is 23.7. The molecule has 21 heavy (non-hydrogen) atoms. The van der Waals surface area contributed by atoms with Gasteiger partial charge in [-0.1, -0.05) is 25.5 Å². The molecule has 3 N–H and O–H groups in total. The molecule has 1 saturated carbocycles. The number of hydrogen-bond acceptors (Lipinski definition) is 4. The Kier molecular flexibility index (Phi) is 5.70. The van der Waals surface area contributed by atoms with E-state index in [2.05, 4.69) is 12.2 Å². The van der Waals surface area contributed by atoms with E-state index in [9.17, 15) is 10.1 Å². The highest BCUT2D eigenvalue weighted by molar-refractivity contribution is 5.35. The van der Waals surface area contributed by atoms with Crippen LogP contribution in [0.3, 0.4) is 0 Å². The maximum atomic E-state index is 10.9. The second-order valence-corrected chi connectivity index (χ2v) is 5.97. The smallest absolute Gasteiger partial charge is 0.269 e. The summed E-state index contributed by atoms with van der Waals surface area (Å²) in [6.45, 7) is 2.14. The molecular formula is C16H25N3O2. The Bertz CT molecular complexity index is 470. The highest BCUT2D eigenvalue weighted by atomic mass is 16.6. The Morgan fingerprint density at radius 1 is 1.38 bits per heavy atom. The fraction of sp³-hybridized carbons (Fsp3) is 0.625. The van der Waals surface area contributed by atoms with Crippen molar-refractivity contribution in [3.05, 3.63) is 39.9 Å². The molecule has 0 radical (unpaired) electrons. The molecule has 0 amide bonds. The first-order valence-electron chi connectivity index (χ1n) is 7.86. The molecule has 1 aliphatic carbocycles. The zero-order valence-electron chi connectivity index (χ0n) is 12.6. The molecule has 0 spiro atoms. The molecule has 0 aromatic heterocycles. The first-order valence-corrected chi connectivity index (χ1v) is 7.86. The maximum absolute atomic E-state index is 10.9. The summed E-state index contributed by atoms with van der Waals surface area (Å²) in [6, 6.07) is 8.00. The van der Waals surface area contributed by atoms with E-state index in [1.165, 1.54) is 0 Å². The van der Waals surface area contributed by atoms with Gasteiger partial charge in [0.15, 0.2) is 0 Å². The average molecular weight is 291 g/mol. The third-order valence-electron chi connectivity index (χ3n) is 4.27. The van der Waals surface area contributed by atoms with Crippen LogP contribution in [0.2, 0.25) is 0 Å². The van der Waals surface area contributed by atoms with Gasteiger partial charge >= 0.3 is 0 Å². The zero-order valence-corrected chi connectivity index (χ0v) is 12.6. The SMILES string of the molecule is CCCC(NC1CCC(N)CC1)c1cccc([N+](=O)[O-])c1. The first kappa shape index (κ1) is 15.9. The Morgan fingerprint density at radius 3 is 2.71 bits per heavy atom. The summed E-state index contributed by atoms with van der Waals surface area (Å²) in [6.07, 6.45) is 6.35. The van der Waals surface area contributed by atoms with Crippen molar-refractivity contribution in [1.29, 1.82) is 0 Å². The van der Waals surface area contributed by atoms with Crippen molar-refractivity contribution >= 4 is 5.69 Å². The van der Waals surface area contributed by atoms with Gasteiger partial charge in [-0.15, -0.1) is 0 Å². The standard InChI is InChI=1S/C16H25N3O2/c1-2-4-16(18-14-9-7-13(17)8-10-14)12-5-3-6-15(11-12)19(20)21/h3,5-6,11,13-14,16,18H,2,4,7-10,17H2,1H3. The molecule has 0 saturated heterocycles. The second-order valence-electron chi connectivity index (χ2n) is 5.97. The summed E-state index contributed by atoms with van der Waals surface area (Å²) in [7, 11) is 0. The molecule has 1 atom stereocenters. The number of nitrogens with zero attached hydrogens (tertiary/aromatic N) is 1. The Hall–Kier alpha value is -1.46. The van der Waals surface area contributed by atoms with E-state index >= 15 is 0 Å². The summed E-state index contributed by atoms with van der Waals surface area (Å²) in [5.74, 6) is 0. The summed E-state index contributed by atoms with van der Waals surface area (Å²) in [5, 5.41) is 14.6. The molecule has 1 aliphatic rings. The molecule has 5 heteroatoms. The molecule has 116 valence electrons. The molecule has 5 nitrogen and oxygen atoms in total. The minimum Gasteiger partial charge on any atom is -0.328 e. The summed E-state index contributed by atoms with van der Waals surface area (Å²) >= 11 is 0. The van der Waals surface area contributed by atoms with Crippen molar-refractivity contribution in [3.8, 4) is 0 Å². The van der Waals surface area contributed by atoms with E-state index in [4.69, 9.17) is 5.73 Å². The Labute approximate surface area is 126 Å². The quantitative estimate of drug-likeness (QED) is 0.622. The van der Waals surface area contributed by atoms with E-state index in [1.54, 1.807) is 18.2 Å².